The highest BCUT2D eigenvalue weighted by molar-refractivity contribution is 8.01. The number of aromatic nitrogens is 2. The number of benzene rings is 1. The summed E-state index contributed by atoms with van der Waals surface area (Å²) in [5, 5.41) is 12.1. The molecule has 0 spiro atoms. The van der Waals surface area contributed by atoms with E-state index in [2.05, 4.69) is 22.1 Å². The van der Waals surface area contributed by atoms with E-state index in [9.17, 15) is 4.79 Å². The summed E-state index contributed by atoms with van der Waals surface area (Å²) in [7, 11) is 1.60. The molecule has 2 aromatic heterocycles. The molecule has 8 heteroatoms. The summed E-state index contributed by atoms with van der Waals surface area (Å²) < 4.78 is 11.5. The molecule has 24 heavy (non-hydrogen) atoms. The molecule has 0 unspecified atom stereocenters. The minimum atomic E-state index is -0.162. The van der Waals surface area contributed by atoms with E-state index in [1.807, 2.05) is 12.1 Å². The number of rotatable bonds is 7. The van der Waals surface area contributed by atoms with Crippen LogP contribution < -0.4 is 10.1 Å². The summed E-state index contributed by atoms with van der Waals surface area (Å²) in [5.41, 5.74) is 1.51. The number of methoxy groups -OCH3 is 1. The van der Waals surface area contributed by atoms with Crippen LogP contribution in [0.4, 0.5) is 5.13 Å². The number of hydrogen-bond acceptors (Lipinski definition) is 7. The Kier molecular flexibility index (Phi) is 5.17. The normalized spacial score (nSPS) is 10.7. The van der Waals surface area contributed by atoms with Crippen LogP contribution in [0.15, 0.2) is 45.9 Å². The Labute approximate surface area is 146 Å². The second kappa shape index (κ2) is 7.50. The van der Waals surface area contributed by atoms with Crippen LogP contribution in [0.25, 0.3) is 11.0 Å². The zero-order valence-corrected chi connectivity index (χ0v) is 14.6. The Morgan fingerprint density at radius 3 is 3.17 bits per heavy atom. The van der Waals surface area contributed by atoms with Crippen molar-refractivity contribution in [2.75, 3.05) is 18.2 Å². The molecule has 0 aliphatic heterocycles. The van der Waals surface area contributed by atoms with Crippen LogP contribution in [-0.4, -0.2) is 29.0 Å². The lowest BCUT2D eigenvalue weighted by atomic mass is 10.1. The third-order valence-corrected chi connectivity index (χ3v) is 5.16. The minimum absolute atomic E-state index is 0.162. The van der Waals surface area contributed by atoms with Crippen molar-refractivity contribution in [3.8, 4) is 5.75 Å². The van der Waals surface area contributed by atoms with E-state index >= 15 is 0 Å². The van der Waals surface area contributed by atoms with Crippen LogP contribution in [0.3, 0.4) is 0 Å². The SMILES string of the molecule is C=CCSc1nnc(NC(=O)Cc2coc3cc(OC)ccc23)s1. The van der Waals surface area contributed by atoms with Gasteiger partial charge in [0.15, 0.2) is 4.34 Å². The summed E-state index contributed by atoms with van der Waals surface area (Å²) in [6, 6.07) is 5.52. The van der Waals surface area contributed by atoms with E-state index in [0.717, 1.165) is 21.0 Å². The fraction of sp³-hybridized carbons (Fsp3) is 0.188. The Balaban J connectivity index is 1.66. The number of anilines is 1. The van der Waals surface area contributed by atoms with E-state index in [-0.39, 0.29) is 12.3 Å². The third kappa shape index (κ3) is 3.77. The van der Waals surface area contributed by atoms with Gasteiger partial charge in [0.2, 0.25) is 11.0 Å². The summed E-state index contributed by atoms with van der Waals surface area (Å²) in [4.78, 5) is 12.2. The molecule has 3 aromatic rings. The number of fused-ring (bicyclic) bond motifs is 1. The fourth-order valence-corrected chi connectivity index (χ4v) is 3.64. The van der Waals surface area contributed by atoms with Crippen molar-refractivity contribution in [1.29, 1.82) is 0 Å². The number of furan rings is 1. The molecule has 1 N–H and O–H groups in total. The number of thioether (sulfide) groups is 1. The average Bonchev–Trinajstić information content (AvgIpc) is 3.19. The van der Waals surface area contributed by atoms with Crippen LogP contribution in [0.1, 0.15) is 5.56 Å². The van der Waals surface area contributed by atoms with E-state index in [1.165, 1.54) is 23.1 Å². The van der Waals surface area contributed by atoms with E-state index < -0.39 is 0 Å². The summed E-state index contributed by atoms with van der Waals surface area (Å²) in [5.74, 6) is 1.31. The van der Waals surface area contributed by atoms with Crippen LogP contribution in [0, 0.1) is 0 Å². The molecule has 1 amide bonds. The molecular formula is C16H15N3O3S2. The summed E-state index contributed by atoms with van der Waals surface area (Å²) in [6.07, 6.45) is 3.59. The number of carbonyl (C=O) groups excluding carboxylic acids is 1. The van der Waals surface area contributed by atoms with Crippen molar-refractivity contribution in [3.05, 3.63) is 42.7 Å². The van der Waals surface area contributed by atoms with Gasteiger partial charge < -0.3 is 14.5 Å². The summed E-state index contributed by atoms with van der Waals surface area (Å²) >= 11 is 2.87. The zero-order chi connectivity index (χ0) is 16.9. The molecule has 2 heterocycles. The number of amides is 1. The predicted octanol–water partition coefficient (Wildman–Crippen LogP) is 3.75. The van der Waals surface area contributed by atoms with Gasteiger partial charge in [0.05, 0.1) is 19.8 Å². The van der Waals surface area contributed by atoms with Crippen LogP contribution in [0.5, 0.6) is 5.75 Å². The lowest BCUT2D eigenvalue weighted by molar-refractivity contribution is -0.115. The highest BCUT2D eigenvalue weighted by Gasteiger charge is 2.13. The van der Waals surface area contributed by atoms with Gasteiger partial charge in [-0.2, -0.15) is 0 Å². The van der Waals surface area contributed by atoms with Gasteiger partial charge in [-0.05, 0) is 12.1 Å². The van der Waals surface area contributed by atoms with Crippen molar-refractivity contribution >= 4 is 45.1 Å². The van der Waals surface area contributed by atoms with Gasteiger partial charge in [0.1, 0.15) is 11.3 Å². The van der Waals surface area contributed by atoms with Crippen molar-refractivity contribution in [1.82, 2.24) is 10.2 Å². The second-order valence-electron chi connectivity index (χ2n) is 4.82. The molecule has 0 bridgehead atoms. The first-order chi connectivity index (χ1) is 11.7. The van der Waals surface area contributed by atoms with Crippen LogP contribution in [0.2, 0.25) is 0 Å². The van der Waals surface area contributed by atoms with Crippen LogP contribution >= 0.6 is 23.1 Å². The lowest BCUT2D eigenvalue weighted by Gasteiger charge is -2.01. The molecule has 0 saturated heterocycles. The van der Waals surface area contributed by atoms with Gasteiger partial charge in [-0.3, -0.25) is 4.79 Å². The van der Waals surface area contributed by atoms with Gasteiger partial charge in [0.25, 0.3) is 0 Å². The Morgan fingerprint density at radius 2 is 2.38 bits per heavy atom. The van der Waals surface area contributed by atoms with Gasteiger partial charge in [0, 0.05) is 22.8 Å². The van der Waals surface area contributed by atoms with Crippen LogP contribution in [-0.2, 0) is 11.2 Å². The molecule has 0 aliphatic carbocycles. The van der Waals surface area contributed by atoms with Gasteiger partial charge in [-0.1, -0.05) is 29.2 Å². The topological polar surface area (TPSA) is 77.3 Å². The first-order valence-corrected chi connectivity index (χ1v) is 8.91. The standard InChI is InChI=1S/C16H15N3O3S2/c1-3-6-23-16-19-18-15(24-16)17-14(20)7-10-9-22-13-8-11(21-2)4-5-12(10)13/h3-5,8-9H,1,6-7H2,2H3,(H,17,18,20). The predicted molar refractivity (Wildman–Crippen MR) is 95.9 cm³/mol. The number of nitrogens with zero attached hydrogens (tertiary/aromatic N) is 2. The maximum Gasteiger partial charge on any atom is 0.230 e. The quantitative estimate of drug-likeness (QED) is 0.392. The Morgan fingerprint density at radius 1 is 1.50 bits per heavy atom. The van der Waals surface area contributed by atoms with Gasteiger partial charge >= 0.3 is 0 Å². The maximum absolute atomic E-state index is 12.2. The molecule has 0 radical (unpaired) electrons. The summed E-state index contributed by atoms with van der Waals surface area (Å²) in [6.45, 7) is 3.66. The zero-order valence-electron chi connectivity index (χ0n) is 12.9. The molecule has 6 nitrogen and oxygen atoms in total. The van der Waals surface area contributed by atoms with Crippen molar-refractivity contribution in [2.24, 2.45) is 0 Å². The van der Waals surface area contributed by atoms with E-state index in [4.69, 9.17) is 9.15 Å². The van der Waals surface area contributed by atoms with Crippen molar-refractivity contribution in [2.45, 2.75) is 10.8 Å². The monoisotopic (exact) mass is 361 g/mol. The van der Waals surface area contributed by atoms with Gasteiger partial charge in [-0.15, -0.1) is 16.8 Å². The number of carbonyl (C=O) groups is 1. The molecule has 0 fully saturated rings. The molecule has 0 atom stereocenters. The molecule has 1 aromatic carbocycles. The second-order valence-corrected chi connectivity index (χ2v) is 7.07. The van der Waals surface area contributed by atoms with Crippen molar-refractivity contribution in [3.63, 3.8) is 0 Å². The van der Waals surface area contributed by atoms with Gasteiger partial charge in [-0.25, -0.2) is 0 Å². The van der Waals surface area contributed by atoms with Crippen molar-refractivity contribution < 1.29 is 13.9 Å². The highest BCUT2D eigenvalue weighted by atomic mass is 32.2. The average molecular weight is 361 g/mol. The third-order valence-electron chi connectivity index (χ3n) is 3.19. The Hall–Kier alpha value is -2.32. The van der Waals surface area contributed by atoms with E-state index in [0.29, 0.717) is 16.5 Å². The highest BCUT2D eigenvalue weighted by Crippen LogP contribution is 2.27. The maximum atomic E-state index is 12.2. The Bertz CT molecular complexity index is 872. The molecule has 3 rings (SSSR count). The molecule has 124 valence electrons. The first kappa shape index (κ1) is 16.5. The number of ether oxygens (including phenoxy) is 1. The first-order valence-electron chi connectivity index (χ1n) is 7.10. The number of hydrogen-bond donors (Lipinski definition) is 1. The smallest absolute Gasteiger partial charge is 0.230 e. The molecule has 0 saturated carbocycles. The fourth-order valence-electron chi connectivity index (χ4n) is 2.11. The van der Waals surface area contributed by atoms with E-state index in [1.54, 1.807) is 25.5 Å². The minimum Gasteiger partial charge on any atom is -0.497 e. The number of nitrogens with one attached hydrogen (secondary N) is 1. The largest absolute Gasteiger partial charge is 0.497 e. The lowest BCUT2D eigenvalue weighted by Crippen LogP contribution is -2.13. The molecule has 0 aliphatic rings. The molecular weight excluding hydrogens is 346 g/mol.